The van der Waals surface area contributed by atoms with Crippen molar-refractivity contribution in [2.45, 2.75) is 13.5 Å². The van der Waals surface area contributed by atoms with E-state index in [1.807, 2.05) is 0 Å². The fourth-order valence-corrected chi connectivity index (χ4v) is 1.58. The van der Waals surface area contributed by atoms with E-state index in [4.69, 9.17) is 5.11 Å². The van der Waals surface area contributed by atoms with Crippen molar-refractivity contribution in [3.8, 4) is 0 Å². The first-order valence-corrected chi connectivity index (χ1v) is 5.68. The fraction of sp³-hybridized carbons (Fsp3) is 0.154. The molecule has 98 valence electrons. The molecule has 0 aliphatic carbocycles. The average Bonchev–Trinajstić information content (AvgIpc) is 2.83. The Balaban J connectivity index is 1.95. The van der Waals surface area contributed by atoms with Gasteiger partial charge in [-0.25, -0.2) is 9.78 Å². The summed E-state index contributed by atoms with van der Waals surface area (Å²) < 4.78 is 0. The number of benzene rings is 1. The van der Waals surface area contributed by atoms with Gasteiger partial charge in [0.05, 0.1) is 11.8 Å². The predicted molar refractivity (Wildman–Crippen MR) is 67.9 cm³/mol. The Kier molecular flexibility index (Phi) is 3.61. The van der Waals surface area contributed by atoms with Crippen LogP contribution in [-0.4, -0.2) is 27.0 Å². The van der Waals surface area contributed by atoms with E-state index in [-0.39, 0.29) is 11.5 Å². The Morgan fingerprint density at radius 3 is 2.53 bits per heavy atom. The second kappa shape index (κ2) is 5.34. The van der Waals surface area contributed by atoms with Crippen molar-refractivity contribution in [1.29, 1.82) is 0 Å². The molecule has 0 saturated carbocycles. The number of carboxylic acid groups (broad SMARTS) is 1. The normalized spacial score (nSPS) is 10.2. The van der Waals surface area contributed by atoms with Gasteiger partial charge >= 0.3 is 5.97 Å². The van der Waals surface area contributed by atoms with E-state index >= 15 is 0 Å². The van der Waals surface area contributed by atoms with Gasteiger partial charge in [0.15, 0.2) is 0 Å². The molecule has 2 aromatic rings. The van der Waals surface area contributed by atoms with Gasteiger partial charge in [0.25, 0.3) is 5.91 Å². The summed E-state index contributed by atoms with van der Waals surface area (Å²) >= 11 is 0. The number of aryl methyl sites for hydroxylation is 1. The van der Waals surface area contributed by atoms with Crippen molar-refractivity contribution in [1.82, 2.24) is 15.3 Å². The molecule has 1 heterocycles. The van der Waals surface area contributed by atoms with Crippen LogP contribution in [0.25, 0.3) is 0 Å². The van der Waals surface area contributed by atoms with E-state index in [9.17, 15) is 9.59 Å². The van der Waals surface area contributed by atoms with E-state index in [1.54, 1.807) is 19.1 Å². The molecule has 0 atom stereocenters. The third-order valence-electron chi connectivity index (χ3n) is 2.60. The number of imidazole rings is 1. The van der Waals surface area contributed by atoms with Crippen molar-refractivity contribution in [3.05, 3.63) is 53.1 Å². The molecule has 0 bridgehead atoms. The van der Waals surface area contributed by atoms with Crippen molar-refractivity contribution in [3.63, 3.8) is 0 Å². The van der Waals surface area contributed by atoms with Gasteiger partial charge in [-0.15, -0.1) is 0 Å². The standard InChI is InChI=1S/C13H13N3O3/c1-8-14-7-11(16-8)12(17)15-6-9-2-4-10(5-3-9)13(18)19/h2-5,7H,6H2,1H3,(H,14,16)(H,15,17)(H,18,19). The van der Waals surface area contributed by atoms with E-state index in [0.29, 0.717) is 18.1 Å². The second-order valence-corrected chi connectivity index (χ2v) is 4.07. The predicted octanol–water partition coefficient (Wildman–Crippen LogP) is 1.35. The van der Waals surface area contributed by atoms with Crippen LogP contribution in [0.15, 0.2) is 30.5 Å². The van der Waals surface area contributed by atoms with E-state index < -0.39 is 5.97 Å². The third-order valence-corrected chi connectivity index (χ3v) is 2.60. The molecule has 1 aromatic heterocycles. The van der Waals surface area contributed by atoms with Gasteiger partial charge in [-0.2, -0.15) is 0 Å². The Morgan fingerprint density at radius 2 is 2.00 bits per heavy atom. The highest BCUT2D eigenvalue weighted by molar-refractivity contribution is 5.92. The van der Waals surface area contributed by atoms with Crippen LogP contribution in [0.4, 0.5) is 0 Å². The van der Waals surface area contributed by atoms with Gasteiger partial charge in [0.2, 0.25) is 0 Å². The van der Waals surface area contributed by atoms with Crippen LogP contribution < -0.4 is 5.32 Å². The summed E-state index contributed by atoms with van der Waals surface area (Å²) in [5.74, 6) is -0.539. The zero-order valence-corrected chi connectivity index (χ0v) is 10.3. The Bertz CT molecular complexity index is 602. The number of amides is 1. The van der Waals surface area contributed by atoms with Crippen LogP contribution in [0.3, 0.4) is 0 Å². The number of aromatic carboxylic acids is 1. The first-order valence-electron chi connectivity index (χ1n) is 5.68. The molecule has 1 amide bonds. The lowest BCUT2D eigenvalue weighted by Crippen LogP contribution is -2.23. The molecule has 0 saturated heterocycles. The first-order chi connectivity index (χ1) is 9.06. The summed E-state index contributed by atoms with van der Waals surface area (Å²) in [6.45, 7) is 2.10. The van der Waals surface area contributed by atoms with Gasteiger partial charge < -0.3 is 15.4 Å². The summed E-state index contributed by atoms with van der Waals surface area (Å²) in [6.07, 6.45) is 1.47. The Morgan fingerprint density at radius 1 is 1.32 bits per heavy atom. The van der Waals surface area contributed by atoms with Gasteiger partial charge in [-0.1, -0.05) is 12.1 Å². The summed E-state index contributed by atoms with van der Waals surface area (Å²) in [5.41, 5.74) is 1.45. The number of hydrogen-bond acceptors (Lipinski definition) is 3. The molecular formula is C13H13N3O3. The van der Waals surface area contributed by atoms with Gasteiger partial charge in [-0.3, -0.25) is 4.79 Å². The molecule has 0 aliphatic heterocycles. The first kappa shape index (κ1) is 12.8. The molecule has 6 heteroatoms. The highest BCUT2D eigenvalue weighted by Gasteiger charge is 2.08. The molecule has 0 radical (unpaired) electrons. The van der Waals surface area contributed by atoms with Crippen LogP contribution >= 0.6 is 0 Å². The van der Waals surface area contributed by atoms with Crippen molar-refractivity contribution >= 4 is 11.9 Å². The largest absolute Gasteiger partial charge is 0.478 e. The monoisotopic (exact) mass is 259 g/mol. The number of nitrogens with one attached hydrogen (secondary N) is 2. The topological polar surface area (TPSA) is 95.1 Å². The van der Waals surface area contributed by atoms with Crippen LogP contribution in [0.1, 0.15) is 32.2 Å². The minimum atomic E-state index is -0.969. The molecule has 2 rings (SSSR count). The molecule has 3 N–H and O–H groups in total. The SMILES string of the molecule is Cc1ncc(C(=O)NCc2ccc(C(=O)O)cc2)[nH]1. The number of nitrogens with zero attached hydrogens (tertiary/aromatic N) is 1. The van der Waals surface area contributed by atoms with Crippen molar-refractivity contribution < 1.29 is 14.7 Å². The average molecular weight is 259 g/mol. The number of carbonyl (C=O) groups is 2. The minimum absolute atomic E-state index is 0.222. The molecule has 0 fully saturated rings. The molecule has 1 aromatic carbocycles. The fourth-order valence-electron chi connectivity index (χ4n) is 1.58. The Labute approximate surface area is 109 Å². The lowest BCUT2D eigenvalue weighted by molar-refractivity contribution is 0.0696. The number of aromatic amines is 1. The quantitative estimate of drug-likeness (QED) is 0.772. The van der Waals surface area contributed by atoms with Gasteiger partial charge in [0.1, 0.15) is 11.5 Å². The number of carbonyl (C=O) groups excluding carboxylic acids is 1. The zero-order chi connectivity index (χ0) is 13.8. The molecule has 19 heavy (non-hydrogen) atoms. The van der Waals surface area contributed by atoms with E-state index in [2.05, 4.69) is 15.3 Å². The van der Waals surface area contributed by atoms with Crippen LogP contribution in [0.2, 0.25) is 0 Å². The molecule has 0 unspecified atom stereocenters. The molecule has 6 nitrogen and oxygen atoms in total. The Hall–Kier alpha value is -2.63. The lowest BCUT2D eigenvalue weighted by Gasteiger charge is -2.04. The summed E-state index contributed by atoms with van der Waals surface area (Å²) in [4.78, 5) is 29.2. The maximum absolute atomic E-state index is 11.7. The summed E-state index contributed by atoms with van der Waals surface area (Å²) in [5, 5.41) is 11.5. The summed E-state index contributed by atoms with van der Waals surface area (Å²) in [6, 6.07) is 6.35. The lowest BCUT2D eigenvalue weighted by atomic mass is 10.1. The third kappa shape index (κ3) is 3.19. The number of aromatic nitrogens is 2. The maximum atomic E-state index is 11.7. The smallest absolute Gasteiger partial charge is 0.335 e. The number of rotatable bonds is 4. The number of H-pyrrole nitrogens is 1. The van der Waals surface area contributed by atoms with Crippen LogP contribution in [0, 0.1) is 6.92 Å². The van der Waals surface area contributed by atoms with Gasteiger partial charge in [0, 0.05) is 6.54 Å². The maximum Gasteiger partial charge on any atom is 0.335 e. The molecular weight excluding hydrogens is 246 g/mol. The zero-order valence-electron chi connectivity index (χ0n) is 10.3. The molecule has 0 aliphatic rings. The van der Waals surface area contributed by atoms with Crippen LogP contribution in [-0.2, 0) is 6.54 Å². The number of carboxylic acids is 1. The summed E-state index contributed by atoms with van der Waals surface area (Å²) in [7, 11) is 0. The molecule has 0 spiro atoms. The van der Waals surface area contributed by atoms with Crippen LogP contribution in [0.5, 0.6) is 0 Å². The van der Waals surface area contributed by atoms with Gasteiger partial charge in [-0.05, 0) is 24.6 Å². The van der Waals surface area contributed by atoms with Crippen molar-refractivity contribution in [2.75, 3.05) is 0 Å². The van der Waals surface area contributed by atoms with E-state index in [0.717, 1.165) is 5.56 Å². The highest BCUT2D eigenvalue weighted by atomic mass is 16.4. The minimum Gasteiger partial charge on any atom is -0.478 e. The van der Waals surface area contributed by atoms with Crippen molar-refractivity contribution in [2.24, 2.45) is 0 Å². The number of hydrogen-bond donors (Lipinski definition) is 3. The van der Waals surface area contributed by atoms with E-state index in [1.165, 1.54) is 18.3 Å². The second-order valence-electron chi connectivity index (χ2n) is 4.07. The highest BCUT2D eigenvalue weighted by Crippen LogP contribution is 2.04.